The number of nitrogens with zero attached hydrogens (tertiary/aromatic N) is 3. The smallest absolute Gasteiger partial charge is 0.160 e. The maximum Gasteiger partial charge on any atom is 0.160 e. The summed E-state index contributed by atoms with van der Waals surface area (Å²) in [4.78, 5) is 10.2. The summed E-state index contributed by atoms with van der Waals surface area (Å²) in [5.74, 6) is 0.635. The summed E-state index contributed by atoms with van der Waals surface area (Å²) in [6.45, 7) is 0. The molecule has 0 fully saturated rings. The van der Waals surface area contributed by atoms with Crippen LogP contribution in [0.5, 0.6) is 0 Å². The minimum Gasteiger partial charge on any atom is -0.456 e. The lowest BCUT2D eigenvalue weighted by atomic mass is 9.90. The van der Waals surface area contributed by atoms with E-state index in [9.17, 15) is 5.26 Å². The fourth-order valence-corrected chi connectivity index (χ4v) is 6.78. The molecule has 7 aromatic carbocycles. The van der Waals surface area contributed by atoms with Crippen molar-refractivity contribution in [3.8, 4) is 73.4 Å². The molecule has 0 spiro atoms. The summed E-state index contributed by atoms with van der Waals surface area (Å²) < 4.78 is 6.18. The van der Waals surface area contributed by atoms with Crippen molar-refractivity contribution in [2.24, 2.45) is 0 Å². The van der Waals surface area contributed by atoms with Crippen molar-refractivity contribution in [3.63, 3.8) is 0 Å². The quantitative estimate of drug-likeness (QED) is 0.179. The van der Waals surface area contributed by atoms with Crippen LogP contribution in [0.25, 0.3) is 89.2 Å². The van der Waals surface area contributed by atoms with Crippen molar-refractivity contribution < 1.29 is 4.42 Å². The van der Waals surface area contributed by atoms with E-state index < -0.39 is 0 Å². The van der Waals surface area contributed by atoms with E-state index in [1.54, 1.807) is 0 Å². The third-order valence-corrected chi connectivity index (χ3v) is 9.33. The van der Waals surface area contributed by atoms with Crippen LogP contribution in [-0.4, -0.2) is 9.97 Å². The Morgan fingerprint density at radius 2 is 0.961 bits per heavy atom. The van der Waals surface area contributed by atoms with E-state index in [1.807, 2.05) is 84.9 Å². The fraction of sp³-hybridized carbons (Fsp3) is 0. The molecule has 0 aliphatic carbocycles. The van der Waals surface area contributed by atoms with Crippen LogP contribution in [0, 0.1) is 11.3 Å². The van der Waals surface area contributed by atoms with E-state index >= 15 is 0 Å². The lowest BCUT2D eigenvalue weighted by molar-refractivity contribution is 0.669. The van der Waals surface area contributed by atoms with Gasteiger partial charge in [0.15, 0.2) is 5.82 Å². The second-order valence-electron chi connectivity index (χ2n) is 12.5. The Bertz CT molecular complexity index is 2740. The van der Waals surface area contributed by atoms with Gasteiger partial charge in [-0.05, 0) is 88.0 Å². The average Bonchev–Trinajstić information content (AvgIpc) is 3.59. The highest BCUT2D eigenvalue weighted by molar-refractivity contribution is 6.06. The van der Waals surface area contributed by atoms with Gasteiger partial charge in [-0.2, -0.15) is 5.26 Å². The zero-order chi connectivity index (χ0) is 34.1. The predicted molar refractivity (Wildman–Crippen MR) is 207 cm³/mol. The topological polar surface area (TPSA) is 62.7 Å². The van der Waals surface area contributed by atoms with Gasteiger partial charge in [-0.25, -0.2) is 9.97 Å². The molecule has 0 saturated heterocycles. The first-order valence-corrected chi connectivity index (χ1v) is 16.9. The molecule has 0 atom stereocenters. The molecule has 0 unspecified atom stereocenters. The Hall–Kier alpha value is -7.09. The van der Waals surface area contributed by atoms with E-state index in [4.69, 9.17) is 14.4 Å². The van der Waals surface area contributed by atoms with E-state index in [-0.39, 0.29) is 0 Å². The number of hydrogen-bond donors (Lipinski definition) is 0. The van der Waals surface area contributed by atoms with E-state index in [1.165, 1.54) is 0 Å². The van der Waals surface area contributed by atoms with E-state index in [0.29, 0.717) is 11.4 Å². The van der Waals surface area contributed by atoms with Crippen LogP contribution in [0.3, 0.4) is 0 Å². The molecule has 9 aromatic rings. The summed E-state index contributed by atoms with van der Waals surface area (Å²) >= 11 is 0. The predicted octanol–water partition coefficient (Wildman–Crippen LogP) is 12.2. The Balaban J connectivity index is 1.29. The first kappa shape index (κ1) is 30.0. The Morgan fingerprint density at radius 1 is 0.392 bits per heavy atom. The first-order valence-electron chi connectivity index (χ1n) is 16.9. The van der Waals surface area contributed by atoms with Gasteiger partial charge in [0, 0.05) is 27.5 Å². The molecule has 0 N–H and O–H groups in total. The van der Waals surface area contributed by atoms with Crippen molar-refractivity contribution in [1.29, 1.82) is 5.26 Å². The van der Waals surface area contributed by atoms with Crippen molar-refractivity contribution in [2.45, 2.75) is 0 Å². The van der Waals surface area contributed by atoms with Gasteiger partial charge in [0.05, 0.1) is 23.0 Å². The number of nitriles is 1. The highest BCUT2D eigenvalue weighted by Gasteiger charge is 2.16. The molecule has 2 heterocycles. The number of rotatable bonds is 6. The second-order valence-corrected chi connectivity index (χ2v) is 12.5. The highest BCUT2D eigenvalue weighted by atomic mass is 16.3. The number of fused-ring (bicyclic) bond motifs is 3. The molecule has 0 saturated carbocycles. The average molecular weight is 652 g/mol. The van der Waals surface area contributed by atoms with Crippen LogP contribution in [-0.2, 0) is 0 Å². The van der Waals surface area contributed by atoms with Gasteiger partial charge in [0.2, 0.25) is 0 Å². The first-order chi connectivity index (χ1) is 25.2. The number of hydrogen-bond acceptors (Lipinski definition) is 4. The maximum absolute atomic E-state index is 9.43. The lowest BCUT2D eigenvalue weighted by Crippen LogP contribution is -1.97. The van der Waals surface area contributed by atoms with Gasteiger partial charge >= 0.3 is 0 Å². The summed E-state index contributed by atoms with van der Waals surface area (Å²) in [6, 6.07) is 62.3. The number of para-hydroxylation sites is 1. The summed E-state index contributed by atoms with van der Waals surface area (Å²) in [5, 5.41) is 11.6. The lowest BCUT2D eigenvalue weighted by Gasteiger charge is -2.15. The number of benzene rings is 7. The molecule has 0 aliphatic rings. The highest BCUT2D eigenvalue weighted by Crippen LogP contribution is 2.39. The van der Waals surface area contributed by atoms with E-state index in [2.05, 4.69) is 97.1 Å². The van der Waals surface area contributed by atoms with Crippen LogP contribution < -0.4 is 0 Å². The van der Waals surface area contributed by atoms with Gasteiger partial charge in [0.25, 0.3) is 0 Å². The summed E-state index contributed by atoms with van der Waals surface area (Å²) in [6.07, 6.45) is 0. The fourth-order valence-electron chi connectivity index (χ4n) is 6.78. The molecule has 51 heavy (non-hydrogen) atoms. The van der Waals surface area contributed by atoms with Crippen LogP contribution >= 0.6 is 0 Å². The van der Waals surface area contributed by atoms with Gasteiger partial charge in [-0.15, -0.1) is 0 Å². The molecular weight excluding hydrogens is 623 g/mol. The van der Waals surface area contributed by atoms with Crippen LogP contribution in [0.15, 0.2) is 180 Å². The molecule has 0 amide bonds. The van der Waals surface area contributed by atoms with Crippen LogP contribution in [0.4, 0.5) is 0 Å². The minimum atomic E-state index is 0.605. The monoisotopic (exact) mass is 651 g/mol. The molecular formula is C47H29N3O. The van der Waals surface area contributed by atoms with Crippen molar-refractivity contribution >= 4 is 21.9 Å². The molecule has 2 aromatic heterocycles. The van der Waals surface area contributed by atoms with Crippen LogP contribution in [0.2, 0.25) is 0 Å². The zero-order valence-corrected chi connectivity index (χ0v) is 27.5. The molecule has 238 valence electrons. The van der Waals surface area contributed by atoms with Crippen LogP contribution in [0.1, 0.15) is 5.56 Å². The molecule has 0 radical (unpaired) electrons. The molecule has 9 rings (SSSR count). The minimum absolute atomic E-state index is 0.605. The number of furan rings is 1. The van der Waals surface area contributed by atoms with Crippen molar-refractivity contribution in [2.75, 3.05) is 0 Å². The third kappa shape index (κ3) is 5.73. The molecule has 0 aliphatic heterocycles. The molecule has 0 bridgehead atoms. The van der Waals surface area contributed by atoms with Gasteiger partial charge in [-0.3, -0.25) is 0 Å². The molecule has 4 heteroatoms. The maximum atomic E-state index is 9.43. The van der Waals surface area contributed by atoms with E-state index in [0.717, 1.165) is 83.4 Å². The summed E-state index contributed by atoms with van der Waals surface area (Å²) in [5.41, 5.74) is 13.4. The number of aromatic nitrogens is 2. The normalized spacial score (nSPS) is 11.1. The molecule has 4 nitrogen and oxygen atoms in total. The Morgan fingerprint density at radius 3 is 1.71 bits per heavy atom. The summed E-state index contributed by atoms with van der Waals surface area (Å²) in [7, 11) is 0. The Labute approximate surface area is 295 Å². The zero-order valence-electron chi connectivity index (χ0n) is 27.5. The second kappa shape index (κ2) is 12.7. The largest absolute Gasteiger partial charge is 0.456 e. The van der Waals surface area contributed by atoms with Gasteiger partial charge < -0.3 is 4.42 Å². The van der Waals surface area contributed by atoms with Gasteiger partial charge in [-0.1, -0.05) is 121 Å². The van der Waals surface area contributed by atoms with Crippen molar-refractivity contribution in [1.82, 2.24) is 9.97 Å². The Kier molecular flexibility index (Phi) is 7.50. The van der Waals surface area contributed by atoms with Crippen molar-refractivity contribution in [3.05, 3.63) is 181 Å². The third-order valence-electron chi connectivity index (χ3n) is 9.33. The van der Waals surface area contributed by atoms with Gasteiger partial charge in [0.1, 0.15) is 11.2 Å². The SMILES string of the molecule is N#Cc1ccc(-c2cc(-c3cc(-c4ccc5oc6ccccc6c5c4)cc(-c4ccccc4-c4ccccc4)c3)nc(-c3ccccc3)n2)cc1. The standard InChI is InChI=1S/C47H29N3O/c48-30-31-19-21-33(22-20-31)43-29-44(50-47(49-43)34-13-5-2-6-14-34)38-26-36(35-23-24-46-42(28-35)41-17-9-10-18-45(41)51-46)25-37(27-38)40-16-8-7-15-39(40)32-11-3-1-4-12-32/h1-29H.